The lowest BCUT2D eigenvalue weighted by atomic mass is 9.86. The highest BCUT2D eigenvalue weighted by Crippen LogP contribution is 2.26. The number of aromatic nitrogens is 1. The fraction of sp³-hybridized carbons (Fsp3) is 0.381. The van der Waals surface area contributed by atoms with Crippen molar-refractivity contribution >= 4 is 33.3 Å². The molecule has 0 saturated carbocycles. The molecular weight excluding hydrogens is 422 g/mol. The van der Waals surface area contributed by atoms with Gasteiger partial charge in [-0.1, -0.05) is 15.9 Å². The highest BCUT2D eigenvalue weighted by Gasteiger charge is 2.28. The van der Waals surface area contributed by atoms with E-state index in [4.69, 9.17) is 4.74 Å². The van der Waals surface area contributed by atoms with Crippen LogP contribution in [-0.4, -0.2) is 28.9 Å². The number of hydrazone groups is 1. The van der Waals surface area contributed by atoms with Crippen LogP contribution >= 0.6 is 15.9 Å². The molecule has 1 aromatic heterocycles. The number of ether oxygens (including phenoxy) is 1. The number of carboxylic acid groups (broad SMARTS) is 1. The van der Waals surface area contributed by atoms with Crippen LogP contribution in [0.4, 0.5) is 5.69 Å². The minimum Gasteiger partial charge on any atom is -0.481 e. The van der Waals surface area contributed by atoms with Gasteiger partial charge in [-0.2, -0.15) is 5.10 Å². The number of carbonyl (C=O) groups is 1. The lowest BCUT2D eigenvalue weighted by molar-refractivity contribution is -0.147. The minimum atomic E-state index is -0.854. The van der Waals surface area contributed by atoms with Crippen molar-refractivity contribution in [2.45, 2.75) is 39.7 Å². The molecule has 0 unspecified atom stereocenters. The molecule has 1 atom stereocenters. The maximum Gasteiger partial charge on any atom is 0.309 e. The van der Waals surface area contributed by atoms with Gasteiger partial charge in [-0.3, -0.25) is 15.2 Å². The molecule has 28 heavy (non-hydrogen) atoms. The van der Waals surface area contributed by atoms with Crippen molar-refractivity contribution in [2.75, 3.05) is 12.5 Å². The van der Waals surface area contributed by atoms with E-state index in [0.29, 0.717) is 12.8 Å². The number of hydrogen-bond donors (Lipinski definition) is 2. The van der Waals surface area contributed by atoms with Gasteiger partial charge in [0.25, 0.3) is 0 Å². The predicted octanol–water partition coefficient (Wildman–Crippen LogP) is 5.26. The van der Waals surface area contributed by atoms with Gasteiger partial charge in [-0.05, 0) is 70.0 Å². The molecule has 7 heteroatoms. The van der Waals surface area contributed by atoms with E-state index < -0.39 is 11.4 Å². The average Bonchev–Trinajstić information content (AvgIpc) is 2.68. The molecule has 1 heterocycles. The Morgan fingerprint density at radius 3 is 2.61 bits per heavy atom. The molecule has 0 bridgehead atoms. The molecule has 0 spiro atoms. The Kier molecular flexibility index (Phi) is 7.71. The van der Waals surface area contributed by atoms with Crippen LogP contribution in [0.3, 0.4) is 0 Å². The van der Waals surface area contributed by atoms with Crippen molar-refractivity contribution in [1.29, 1.82) is 0 Å². The van der Waals surface area contributed by atoms with Gasteiger partial charge in [0.1, 0.15) is 0 Å². The third kappa shape index (κ3) is 5.87. The second kappa shape index (κ2) is 9.80. The van der Waals surface area contributed by atoms with Crippen LogP contribution in [0, 0.1) is 5.41 Å². The third-order valence-electron chi connectivity index (χ3n) is 4.62. The SMILES string of the molecule is CO[C@@H](C)c1ncccc1/C(CCC(C)(C)C(=O)O)=N/Nc1ccc(Br)cc1. The van der Waals surface area contributed by atoms with Gasteiger partial charge in [0.2, 0.25) is 0 Å². The number of carboxylic acids is 1. The van der Waals surface area contributed by atoms with Gasteiger partial charge in [0.05, 0.1) is 28.6 Å². The topological polar surface area (TPSA) is 83.8 Å². The van der Waals surface area contributed by atoms with E-state index in [2.05, 4.69) is 31.4 Å². The van der Waals surface area contributed by atoms with E-state index >= 15 is 0 Å². The fourth-order valence-corrected chi connectivity index (χ4v) is 2.81. The molecule has 1 aromatic carbocycles. The van der Waals surface area contributed by atoms with Crippen molar-refractivity contribution < 1.29 is 14.6 Å². The number of halogens is 1. The van der Waals surface area contributed by atoms with Gasteiger partial charge in [-0.25, -0.2) is 0 Å². The molecule has 6 nitrogen and oxygen atoms in total. The Bertz CT molecular complexity index is 835. The van der Waals surface area contributed by atoms with Gasteiger partial charge in [0, 0.05) is 23.3 Å². The summed E-state index contributed by atoms with van der Waals surface area (Å²) in [4.78, 5) is 16.0. The number of aliphatic carboxylic acids is 1. The van der Waals surface area contributed by atoms with Crippen LogP contribution in [0.1, 0.15) is 51.0 Å². The molecule has 2 rings (SSSR count). The average molecular weight is 448 g/mol. The molecule has 0 aliphatic carbocycles. The molecule has 2 N–H and O–H groups in total. The summed E-state index contributed by atoms with van der Waals surface area (Å²) in [5.74, 6) is -0.829. The van der Waals surface area contributed by atoms with E-state index in [9.17, 15) is 9.90 Å². The maximum absolute atomic E-state index is 11.5. The zero-order valence-electron chi connectivity index (χ0n) is 16.6. The lowest BCUT2D eigenvalue weighted by Gasteiger charge is -2.21. The number of nitrogens with zero attached hydrogens (tertiary/aromatic N) is 2. The molecule has 150 valence electrons. The number of pyridine rings is 1. The summed E-state index contributed by atoms with van der Waals surface area (Å²) < 4.78 is 6.43. The molecule has 0 aliphatic rings. The van der Waals surface area contributed by atoms with Crippen LogP contribution in [0.25, 0.3) is 0 Å². The standard InChI is InChI=1S/C21H26BrN3O3/c1-14(28-4)19-17(6-5-13-23-19)18(11-12-21(2,3)20(26)27)25-24-16-9-7-15(22)8-10-16/h5-10,13-14,24H,11-12H2,1-4H3,(H,26,27)/b25-18+/t14-/m0/s1. The Morgan fingerprint density at radius 2 is 2.00 bits per heavy atom. The zero-order chi connectivity index (χ0) is 20.7. The first-order chi connectivity index (χ1) is 13.2. The van der Waals surface area contributed by atoms with Crippen LogP contribution < -0.4 is 5.43 Å². The number of benzene rings is 1. The smallest absolute Gasteiger partial charge is 0.309 e. The second-order valence-electron chi connectivity index (χ2n) is 7.18. The van der Waals surface area contributed by atoms with Gasteiger partial charge in [-0.15, -0.1) is 0 Å². The van der Waals surface area contributed by atoms with Gasteiger partial charge < -0.3 is 9.84 Å². The van der Waals surface area contributed by atoms with E-state index in [0.717, 1.165) is 27.1 Å². The summed E-state index contributed by atoms with van der Waals surface area (Å²) in [6.45, 7) is 5.36. The molecule has 0 fully saturated rings. The number of methoxy groups -OCH3 is 1. The summed E-state index contributed by atoms with van der Waals surface area (Å²) in [7, 11) is 1.63. The zero-order valence-corrected chi connectivity index (χ0v) is 18.2. The number of nitrogens with one attached hydrogen (secondary N) is 1. The monoisotopic (exact) mass is 447 g/mol. The third-order valence-corrected chi connectivity index (χ3v) is 5.15. The van der Waals surface area contributed by atoms with Crippen LogP contribution in [-0.2, 0) is 9.53 Å². The van der Waals surface area contributed by atoms with Crippen molar-refractivity contribution in [3.05, 3.63) is 58.3 Å². The molecule has 0 aliphatic heterocycles. The van der Waals surface area contributed by atoms with E-state index in [1.807, 2.05) is 43.3 Å². The van der Waals surface area contributed by atoms with E-state index in [-0.39, 0.29) is 6.10 Å². The first kappa shape index (κ1) is 22.0. The molecule has 0 radical (unpaired) electrons. The number of rotatable bonds is 9. The Labute approximate surface area is 174 Å². The van der Waals surface area contributed by atoms with Gasteiger partial charge in [0.15, 0.2) is 0 Å². The van der Waals surface area contributed by atoms with Crippen molar-refractivity contribution in [3.63, 3.8) is 0 Å². The van der Waals surface area contributed by atoms with E-state index in [1.165, 1.54) is 0 Å². The minimum absolute atomic E-state index is 0.207. The molecule has 0 amide bonds. The Balaban J connectivity index is 2.37. The molecule has 0 saturated heterocycles. The van der Waals surface area contributed by atoms with Crippen molar-refractivity contribution in [3.8, 4) is 0 Å². The normalized spacial score (nSPS) is 13.2. The van der Waals surface area contributed by atoms with Crippen LogP contribution in [0.15, 0.2) is 52.2 Å². The maximum atomic E-state index is 11.5. The van der Waals surface area contributed by atoms with Crippen LogP contribution in [0.2, 0.25) is 0 Å². The fourth-order valence-electron chi connectivity index (χ4n) is 2.54. The highest BCUT2D eigenvalue weighted by molar-refractivity contribution is 9.10. The Hall–Kier alpha value is -2.25. The highest BCUT2D eigenvalue weighted by atomic mass is 79.9. The quantitative estimate of drug-likeness (QED) is 0.404. The summed E-state index contributed by atoms with van der Waals surface area (Å²) >= 11 is 3.41. The molecule has 2 aromatic rings. The van der Waals surface area contributed by atoms with Crippen molar-refractivity contribution in [1.82, 2.24) is 4.98 Å². The largest absolute Gasteiger partial charge is 0.481 e. The second-order valence-corrected chi connectivity index (χ2v) is 8.10. The lowest BCUT2D eigenvalue weighted by Crippen LogP contribution is -2.25. The summed E-state index contributed by atoms with van der Waals surface area (Å²) in [5.41, 5.74) is 5.42. The van der Waals surface area contributed by atoms with Crippen molar-refractivity contribution in [2.24, 2.45) is 10.5 Å². The first-order valence-corrected chi connectivity index (χ1v) is 9.83. The summed E-state index contributed by atoms with van der Waals surface area (Å²) in [5, 5.41) is 14.0. The predicted molar refractivity (Wildman–Crippen MR) is 115 cm³/mol. The summed E-state index contributed by atoms with van der Waals surface area (Å²) in [6, 6.07) is 11.5. The van der Waals surface area contributed by atoms with Gasteiger partial charge >= 0.3 is 5.97 Å². The summed E-state index contributed by atoms with van der Waals surface area (Å²) in [6.07, 6.45) is 2.44. The van der Waals surface area contributed by atoms with Crippen LogP contribution in [0.5, 0.6) is 0 Å². The molecular formula is C21H26BrN3O3. The first-order valence-electron chi connectivity index (χ1n) is 9.04. The van der Waals surface area contributed by atoms with E-state index in [1.54, 1.807) is 27.2 Å². The Morgan fingerprint density at radius 1 is 1.32 bits per heavy atom. The number of hydrogen-bond acceptors (Lipinski definition) is 5. The number of anilines is 1.